The van der Waals surface area contributed by atoms with Crippen molar-refractivity contribution in [1.29, 1.82) is 0 Å². The molecular weight excluding hydrogens is 196 g/mol. The van der Waals surface area contributed by atoms with Gasteiger partial charge in [0.2, 0.25) is 0 Å². The highest BCUT2D eigenvalue weighted by Gasteiger charge is 2.10. The highest BCUT2D eigenvalue weighted by Crippen LogP contribution is 2.11. The molecule has 15 heavy (non-hydrogen) atoms. The molecule has 0 radical (unpaired) electrons. The third kappa shape index (κ3) is 0.997. The maximum absolute atomic E-state index is 11.6. The van der Waals surface area contributed by atoms with Crippen LogP contribution in [0.4, 0.5) is 0 Å². The number of hydrogen-bond acceptors (Lipinski definition) is 4. The lowest BCUT2D eigenvalue weighted by molar-refractivity contribution is 0.837. The lowest BCUT2D eigenvalue weighted by Gasteiger charge is -1.90. The molecule has 0 spiro atoms. The van der Waals surface area contributed by atoms with Crippen LogP contribution in [0.15, 0.2) is 11.0 Å². The van der Waals surface area contributed by atoms with Crippen molar-refractivity contribution >= 4 is 16.7 Å². The lowest BCUT2D eigenvalue weighted by Crippen LogP contribution is -2.17. The number of nitrogens with one attached hydrogen (secondary N) is 2. The Balaban J connectivity index is 2.59. The fraction of sp³-hybridized carbons (Fsp3) is 0.250. The number of nitrogens with zero attached hydrogens (tertiary/aromatic N) is 4. The number of aryl methyl sites for hydroxylation is 1. The van der Waals surface area contributed by atoms with Gasteiger partial charge < -0.3 is 0 Å². The van der Waals surface area contributed by atoms with Crippen molar-refractivity contribution in [3.63, 3.8) is 0 Å². The SMILES string of the molecule is CCc1nc2c3cn[nH]c3[nH]c(=O)n2n1. The fourth-order valence-electron chi connectivity index (χ4n) is 1.53. The van der Waals surface area contributed by atoms with Gasteiger partial charge in [-0.3, -0.25) is 10.1 Å². The molecule has 0 saturated carbocycles. The molecule has 3 rings (SSSR count). The van der Waals surface area contributed by atoms with Crippen molar-refractivity contribution in [2.45, 2.75) is 13.3 Å². The van der Waals surface area contributed by atoms with Crippen LogP contribution in [0.5, 0.6) is 0 Å². The Morgan fingerprint density at radius 3 is 3.20 bits per heavy atom. The quantitative estimate of drug-likeness (QED) is 0.577. The van der Waals surface area contributed by atoms with E-state index < -0.39 is 0 Å². The summed E-state index contributed by atoms with van der Waals surface area (Å²) >= 11 is 0. The summed E-state index contributed by atoms with van der Waals surface area (Å²) < 4.78 is 1.26. The van der Waals surface area contributed by atoms with Crippen LogP contribution in [-0.4, -0.2) is 29.8 Å². The van der Waals surface area contributed by atoms with Gasteiger partial charge in [-0.15, -0.1) is 5.10 Å². The summed E-state index contributed by atoms with van der Waals surface area (Å²) in [5, 5.41) is 11.4. The monoisotopic (exact) mass is 204 g/mol. The summed E-state index contributed by atoms with van der Waals surface area (Å²) in [5.74, 6) is 0.647. The van der Waals surface area contributed by atoms with E-state index in [2.05, 4.69) is 25.3 Å². The second-order valence-corrected chi connectivity index (χ2v) is 3.21. The smallest absolute Gasteiger partial charge is 0.290 e. The first kappa shape index (κ1) is 8.16. The van der Waals surface area contributed by atoms with Crippen LogP contribution >= 0.6 is 0 Å². The Morgan fingerprint density at radius 1 is 1.53 bits per heavy atom. The summed E-state index contributed by atoms with van der Waals surface area (Å²) in [6, 6.07) is 0. The fourth-order valence-corrected chi connectivity index (χ4v) is 1.53. The zero-order chi connectivity index (χ0) is 10.4. The molecule has 3 aromatic heterocycles. The Hall–Kier alpha value is -2.18. The molecule has 0 fully saturated rings. The first-order valence-electron chi connectivity index (χ1n) is 4.60. The molecule has 7 nitrogen and oxygen atoms in total. The van der Waals surface area contributed by atoms with Gasteiger partial charge in [-0.1, -0.05) is 6.92 Å². The van der Waals surface area contributed by atoms with E-state index in [1.807, 2.05) is 6.92 Å². The Morgan fingerprint density at radius 2 is 2.40 bits per heavy atom. The summed E-state index contributed by atoms with van der Waals surface area (Å²) in [5.41, 5.74) is 0.802. The summed E-state index contributed by atoms with van der Waals surface area (Å²) in [6.45, 7) is 1.94. The second-order valence-electron chi connectivity index (χ2n) is 3.21. The molecule has 2 N–H and O–H groups in total. The highest BCUT2D eigenvalue weighted by molar-refractivity contribution is 5.87. The number of aromatic nitrogens is 6. The maximum Gasteiger partial charge on any atom is 0.349 e. The molecule has 0 aliphatic rings. The first-order chi connectivity index (χ1) is 7.29. The van der Waals surface area contributed by atoms with Crippen molar-refractivity contribution in [2.75, 3.05) is 0 Å². The molecule has 76 valence electrons. The van der Waals surface area contributed by atoms with Gasteiger partial charge in [0.1, 0.15) is 5.65 Å². The average Bonchev–Trinajstić information content (AvgIpc) is 2.81. The van der Waals surface area contributed by atoms with Gasteiger partial charge in [-0.25, -0.2) is 9.78 Å². The van der Waals surface area contributed by atoms with Crippen molar-refractivity contribution in [3.8, 4) is 0 Å². The van der Waals surface area contributed by atoms with Crippen LogP contribution in [-0.2, 0) is 6.42 Å². The molecular formula is C8H8N6O. The maximum atomic E-state index is 11.6. The molecule has 0 aromatic carbocycles. The molecule has 0 aliphatic carbocycles. The Labute approximate surface area is 83.1 Å². The van der Waals surface area contributed by atoms with Crippen molar-refractivity contribution in [2.24, 2.45) is 0 Å². The Bertz CT molecular complexity index is 690. The largest absolute Gasteiger partial charge is 0.349 e. The van der Waals surface area contributed by atoms with Gasteiger partial charge in [0, 0.05) is 6.42 Å². The van der Waals surface area contributed by atoms with Gasteiger partial charge in [0.05, 0.1) is 11.6 Å². The van der Waals surface area contributed by atoms with Crippen molar-refractivity contribution in [1.82, 2.24) is 29.8 Å². The third-order valence-electron chi connectivity index (χ3n) is 2.27. The van der Waals surface area contributed by atoms with Crippen molar-refractivity contribution < 1.29 is 0 Å². The minimum Gasteiger partial charge on any atom is -0.290 e. The first-order valence-corrected chi connectivity index (χ1v) is 4.60. The predicted octanol–water partition coefficient (Wildman–Crippen LogP) is -0.144. The molecule has 7 heteroatoms. The van der Waals surface area contributed by atoms with Crippen molar-refractivity contribution in [3.05, 3.63) is 22.5 Å². The molecule has 0 bridgehead atoms. The van der Waals surface area contributed by atoms with Crippen LogP contribution < -0.4 is 5.69 Å². The summed E-state index contributed by atoms with van der Waals surface area (Å²) in [6.07, 6.45) is 2.31. The van der Waals surface area contributed by atoms with E-state index in [4.69, 9.17) is 0 Å². The lowest BCUT2D eigenvalue weighted by atomic mass is 10.4. The van der Waals surface area contributed by atoms with Crippen LogP contribution in [0.3, 0.4) is 0 Å². The van der Waals surface area contributed by atoms with E-state index in [-0.39, 0.29) is 5.69 Å². The van der Waals surface area contributed by atoms with E-state index in [1.165, 1.54) is 4.52 Å². The molecule has 0 saturated heterocycles. The number of H-pyrrole nitrogens is 2. The van der Waals surface area contributed by atoms with E-state index in [9.17, 15) is 4.79 Å². The van der Waals surface area contributed by atoms with Crippen LogP contribution in [0.2, 0.25) is 0 Å². The van der Waals surface area contributed by atoms with Gasteiger partial charge in [0.25, 0.3) is 0 Å². The van der Waals surface area contributed by atoms with Gasteiger partial charge >= 0.3 is 5.69 Å². The Kier molecular flexibility index (Phi) is 1.44. The minimum atomic E-state index is -0.311. The van der Waals surface area contributed by atoms with Gasteiger partial charge in [-0.05, 0) is 0 Å². The second kappa shape index (κ2) is 2.66. The molecule has 3 heterocycles. The van der Waals surface area contributed by atoms with E-state index in [1.54, 1.807) is 6.20 Å². The van der Waals surface area contributed by atoms with Crippen LogP contribution in [0, 0.1) is 0 Å². The van der Waals surface area contributed by atoms with Crippen LogP contribution in [0.25, 0.3) is 16.7 Å². The highest BCUT2D eigenvalue weighted by atomic mass is 16.1. The molecule has 0 amide bonds. The third-order valence-corrected chi connectivity index (χ3v) is 2.27. The number of aromatic amines is 2. The zero-order valence-electron chi connectivity index (χ0n) is 7.98. The summed E-state index contributed by atoms with van der Waals surface area (Å²) in [7, 11) is 0. The van der Waals surface area contributed by atoms with E-state index >= 15 is 0 Å². The molecule has 3 aromatic rings. The molecule has 0 aliphatic heterocycles. The van der Waals surface area contributed by atoms with E-state index in [0.717, 1.165) is 5.39 Å². The summed E-state index contributed by atoms with van der Waals surface area (Å²) in [4.78, 5) is 18.5. The van der Waals surface area contributed by atoms with Gasteiger partial charge in [-0.2, -0.15) is 9.61 Å². The normalized spacial score (nSPS) is 11.5. The zero-order valence-corrected chi connectivity index (χ0v) is 7.98. The van der Waals surface area contributed by atoms with E-state index in [0.29, 0.717) is 23.5 Å². The predicted molar refractivity (Wildman–Crippen MR) is 52.6 cm³/mol. The molecule has 0 atom stereocenters. The minimum absolute atomic E-state index is 0.311. The van der Waals surface area contributed by atoms with Crippen LogP contribution in [0.1, 0.15) is 12.7 Å². The topological polar surface area (TPSA) is 91.7 Å². The number of fused-ring (bicyclic) bond motifs is 3. The average molecular weight is 204 g/mol. The molecule has 0 unspecified atom stereocenters. The van der Waals surface area contributed by atoms with Gasteiger partial charge in [0.15, 0.2) is 11.5 Å². The standard InChI is InChI=1S/C8H8N6O/c1-2-5-10-7-4-3-9-12-6(4)11-8(15)14(7)13-5/h3H,2H2,1H3,(H2,9,11,12,15). The number of rotatable bonds is 1. The number of hydrogen-bond donors (Lipinski definition) is 2.